The number of benzene rings is 2. The molecule has 1 aliphatic heterocycles. The number of piperidine rings is 1. The van der Waals surface area contributed by atoms with Crippen molar-refractivity contribution in [3.8, 4) is 11.5 Å². The highest BCUT2D eigenvalue weighted by molar-refractivity contribution is 7.92. The first-order chi connectivity index (χ1) is 20.1. The lowest BCUT2D eigenvalue weighted by Gasteiger charge is -2.35. The van der Waals surface area contributed by atoms with Crippen molar-refractivity contribution >= 4 is 40.0 Å². The molecule has 1 aliphatic carbocycles. The van der Waals surface area contributed by atoms with Crippen LogP contribution in [0.4, 0.5) is 5.69 Å². The molecule has 1 atom stereocenters. The number of amides is 1. The fourth-order valence-corrected chi connectivity index (χ4v) is 6.75. The maximum absolute atomic E-state index is 13.3. The number of carbonyl (C=O) groups is 2. The van der Waals surface area contributed by atoms with Crippen LogP contribution in [0.1, 0.15) is 87.1 Å². The van der Waals surface area contributed by atoms with E-state index in [9.17, 15) is 23.1 Å². The number of nitrogens with one attached hydrogen (secondary N) is 2. The van der Waals surface area contributed by atoms with E-state index in [-0.39, 0.29) is 47.3 Å². The van der Waals surface area contributed by atoms with Gasteiger partial charge in [-0.2, -0.15) is 0 Å². The van der Waals surface area contributed by atoms with Gasteiger partial charge in [-0.15, -0.1) is 12.4 Å². The van der Waals surface area contributed by atoms with Gasteiger partial charge in [-0.3, -0.25) is 14.4 Å². The number of hydrogen-bond donors (Lipinski definition) is 3. The molecule has 1 saturated carbocycles. The monoisotopic (exact) mass is 635 g/mol. The predicted octanol–water partition coefficient (Wildman–Crippen LogP) is 6.44. The molecule has 0 aromatic heterocycles. The van der Waals surface area contributed by atoms with Crippen LogP contribution in [0, 0.1) is 11.8 Å². The topological polar surface area (TPSA) is 125 Å². The molecular formula is C32H46ClN3O6S. The van der Waals surface area contributed by atoms with E-state index in [1.165, 1.54) is 50.3 Å². The van der Waals surface area contributed by atoms with Gasteiger partial charge in [0.1, 0.15) is 17.1 Å². The van der Waals surface area contributed by atoms with Crippen molar-refractivity contribution in [3.63, 3.8) is 0 Å². The van der Waals surface area contributed by atoms with Crippen LogP contribution in [0.25, 0.3) is 0 Å². The molecule has 9 nitrogen and oxygen atoms in total. The van der Waals surface area contributed by atoms with E-state index in [1.807, 2.05) is 12.1 Å². The molecule has 0 radical (unpaired) electrons. The molecule has 0 bridgehead atoms. The number of aromatic carboxylic acids is 1. The van der Waals surface area contributed by atoms with Crippen molar-refractivity contribution in [1.29, 1.82) is 0 Å². The third-order valence-corrected chi connectivity index (χ3v) is 9.04. The Labute approximate surface area is 262 Å². The van der Waals surface area contributed by atoms with Gasteiger partial charge in [0.05, 0.1) is 6.26 Å². The largest absolute Gasteiger partial charge is 0.478 e. The van der Waals surface area contributed by atoms with E-state index in [0.717, 1.165) is 63.6 Å². The Morgan fingerprint density at radius 1 is 1.02 bits per heavy atom. The van der Waals surface area contributed by atoms with Crippen molar-refractivity contribution in [2.24, 2.45) is 11.8 Å². The Morgan fingerprint density at radius 3 is 2.30 bits per heavy atom. The summed E-state index contributed by atoms with van der Waals surface area (Å²) in [5.41, 5.74) is 1.13. The summed E-state index contributed by atoms with van der Waals surface area (Å²) in [6.45, 7) is 4.82. The highest BCUT2D eigenvalue weighted by Crippen LogP contribution is 2.33. The zero-order valence-corrected chi connectivity index (χ0v) is 26.9. The molecule has 1 saturated heterocycles. The minimum absolute atomic E-state index is 0. The van der Waals surface area contributed by atoms with Gasteiger partial charge in [-0.1, -0.05) is 51.2 Å². The van der Waals surface area contributed by atoms with Gasteiger partial charge < -0.3 is 15.2 Å². The molecule has 3 N–H and O–H groups in total. The van der Waals surface area contributed by atoms with Crippen molar-refractivity contribution in [3.05, 3.63) is 53.6 Å². The summed E-state index contributed by atoms with van der Waals surface area (Å²) in [6.07, 6.45) is 12.4. The maximum atomic E-state index is 13.3. The summed E-state index contributed by atoms with van der Waals surface area (Å²) < 4.78 is 31.1. The number of carboxylic acids is 1. The zero-order valence-electron chi connectivity index (χ0n) is 25.2. The molecule has 2 aliphatic rings. The first-order valence-electron chi connectivity index (χ1n) is 15.3. The van der Waals surface area contributed by atoms with E-state index in [0.29, 0.717) is 11.7 Å². The zero-order chi connectivity index (χ0) is 30.1. The summed E-state index contributed by atoms with van der Waals surface area (Å²) in [5.74, 6) is 0.378. The van der Waals surface area contributed by atoms with Crippen LogP contribution in [-0.4, -0.2) is 55.7 Å². The molecular weight excluding hydrogens is 590 g/mol. The first-order valence-corrected chi connectivity index (χ1v) is 17.1. The van der Waals surface area contributed by atoms with Gasteiger partial charge in [0.25, 0.3) is 0 Å². The van der Waals surface area contributed by atoms with Gasteiger partial charge in [0.2, 0.25) is 15.9 Å². The molecule has 238 valence electrons. The number of rotatable bonds is 13. The molecule has 1 heterocycles. The van der Waals surface area contributed by atoms with Crippen LogP contribution >= 0.6 is 12.4 Å². The summed E-state index contributed by atoms with van der Waals surface area (Å²) in [4.78, 5) is 27.4. The maximum Gasteiger partial charge on any atom is 0.339 e. The smallest absolute Gasteiger partial charge is 0.339 e. The van der Waals surface area contributed by atoms with Crippen LogP contribution in [-0.2, 0) is 21.4 Å². The lowest BCUT2D eigenvalue weighted by molar-refractivity contribution is -0.128. The Balaban J connectivity index is 0.00000506. The van der Waals surface area contributed by atoms with Crippen LogP contribution in [0.5, 0.6) is 11.5 Å². The van der Waals surface area contributed by atoms with Gasteiger partial charge >= 0.3 is 5.97 Å². The number of sulfonamides is 1. The average Bonchev–Trinajstić information content (AvgIpc) is 2.96. The molecule has 2 fully saturated rings. The van der Waals surface area contributed by atoms with Crippen LogP contribution in [0.2, 0.25) is 0 Å². The minimum Gasteiger partial charge on any atom is -0.478 e. The fourth-order valence-electron chi connectivity index (χ4n) is 6.20. The highest BCUT2D eigenvalue weighted by Gasteiger charge is 2.31. The molecule has 4 rings (SSSR count). The van der Waals surface area contributed by atoms with Crippen molar-refractivity contribution in [1.82, 2.24) is 10.2 Å². The second-order valence-electron chi connectivity index (χ2n) is 11.8. The van der Waals surface area contributed by atoms with Crippen molar-refractivity contribution in [2.75, 3.05) is 24.1 Å². The standard InChI is InChI=1S/C32H45N3O6S.ClH/c1-3-4-10-28(24-8-6-5-7-9-24)31(36)33-25-17-19-35(20-18-25)22-23-11-14-27(15-12-23)41-30-16-13-26(34-42(2,39)40)21-29(30)32(37)38;/h11-16,21,24-25,28,34H,3-10,17-20,22H2,1-2H3,(H,33,36)(H,37,38);1H. The summed E-state index contributed by atoms with van der Waals surface area (Å²) in [6, 6.07) is 11.9. The predicted molar refractivity (Wildman–Crippen MR) is 172 cm³/mol. The summed E-state index contributed by atoms with van der Waals surface area (Å²) >= 11 is 0. The van der Waals surface area contributed by atoms with E-state index < -0.39 is 16.0 Å². The highest BCUT2D eigenvalue weighted by atomic mass is 35.5. The molecule has 2 aromatic carbocycles. The first kappa shape index (κ1) is 34.7. The second-order valence-corrected chi connectivity index (χ2v) is 13.6. The van der Waals surface area contributed by atoms with E-state index >= 15 is 0 Å². The lowest BCUT2D eigenvalue weighted by Crippen LogP contribution is -2.47. The number of unbranched alkanes of at least 4 members (excludes halogenated alkanes) is 1. The van der Waals surface area contributed by atoms with Crippen molar-refractivity contribution in [2.45, 2.75) is 83.7 Å². The quantitative estimate of drug-likeness (QED) is 0.231. The minimum atomic E-state index is -3.53. The fraction of sp³-hybridized carbons (Fsp3) is 0.562. The van der Waals surface area contributed by atoms with Gasteiger partial charge in [0, 0.05) is 37.3 Å². The Bertz CT molecular complexity index is 1310. The molecule has 2 aromatic rings. The van der Waals surface area contributed by atoms with E-state index in [4.69, 9.17) is 4.74 Å². The number of carboxylic acid groups (broad SMARTS) is 1. The number of anilines is 1. The normalized spacial score (nSPS) is 17.4. The second kappa shape index (κ2) is 16.3. The summed E-state index contributed by atoms with van der Waals surface area (Å²) in [7, 11) is -3.53. The summed E-state index contributed by atoms with van der Waals surface area (Å²) in [5, 5.41) is 13.0. The number of ether oxygens (including phenoxy) is 1. The Hall–Kier alpha value is -2.82. The Kier molecular flexibility index (Phi) is 13.1. The Morgan fingerprint density at radius 2 is 1.70 bits per heavy atom. The SMILES string of the molecule is CCCCC(C(=O)NC1CCN(Cc2ccc(Oc3ccc(NS(C)(=O)=O)cc3C(=O)O)cc2)CC1)C1CCCCC1.Cl. The number of likely N-dealkylation sites (tertiary alicyclic amines) is 1. The molecule has 0 spiro atoms. The van der Waals surface area contributed by atoms with E-state index in [2.05, 4.69) is 21.9 Å². The number of nitrogens with zero attached hydrogens (tertiary/aromatic N) is 1. The van der Waals surface area contributed by atoms with Crippen LogP contribution < -0.4 is 14.8 Å². The molecule has 1 unspecified atom stereocenters. The molecule has 43 heavy (non-hydrogen) atoms. The third-order valence-electron chi connectivity index (χ3n) is 8.43. The average molecular weight is 636 g/mol. The molecule has 11 heteroatoms. The van der Waals surface area contributed by atoms with Crippen LogP contribution in [0.3, 0.4) is 0 Å². The third kappa shape index (κ3) is 10.7. The van der Waals surface area contributed by atoms with Gasteiger partial charge in [-0.05, 0) is 73.9 Å². The number of hydrogen-bond acceptors (Lipinski definition) is 6. The lowest BCUT2D eigenvalue weighted by atomic mass is 9.77. The van der Waals surface area contributed by atoms with Gasteiger partial charge in [-0.25, -0.2) is 13.2 Å². The van der Waals surface area contributed by atoms with Crippen LogP contribution in [0.15, 0.2) is 42.5 Å². The van der Waals surface area contributed by atoms with Gasteiger partial charge in [0.15, 0.2) is 0 Å². The molecule has 1 amide bonds. The number of carbonyl (C=O) groups excluding carboxylic acids is 1. The number of halogens is 1. The van der Waals surface area contributed by atoms with E-state index in [1.54, 1.807) is 12.1 Å². The van der Waals surface area contributed by atoms with Crippen molar-refractivity contribution < 1.29 is 27.9 Å².